The van der Waals surface area contributed by atoms with E-state index >= 15 is 0 Å². The lowest BCUT2D eigenvalue weighted by atomic mass is 10.1. The van der Waals surface area contributed by atoms with Gasteiger partial charge in [-0.2, -0.15) is 0 Å². The number of nitrogens with two attached hydrogens (primary N) is 1. The van der Waals surface area contributed by atoms with Crippen LogP contribution in [0.1, 0.15) is 16.8 Å². The second-order valence-corrected chi connectivity index (χ2v) is 5.82. The standard InChI is InChI=1S/C14H15FN2OS/c1-9-7-17-13(10(2)14(9)16)8-19(18)12-5-3-4-11(15)6-12/h3-7H,8H2,1-2H3,(H2,16,17). The van der Waals surface area contributed by atoms with Gasteiger partial charge in [0.2, 0.25) is 0 Å². The van der Waals surface area contributed by atoms with Gasteiger partial charge < -0.3 is 5.73 Å². The predicted octanol–water partition coefficient (Wildman–Crippen LogP) is 2.73. The summed E-state index contributed by atoms with van der Waals surface area (Å²) in [4.78, 5) is 4.72. The summed E-state index contributed by atoms with van der Waals surface area (Å²) in [5.74, 6) is -0.154. The molecule has 0 aliphatic heterocycles. The molecule has 3 nitrogen and oxygen atoms in total. The average Bonchev–Trinajstić information content (AvgIpc) is 2.39. The van der Waals surface area contributed by atoms with Crippen LogP contribution in [-0.4, -0.2) is 9.19 Å². The van der Waals surface area contributed by atoms with Crippen molar-refractivity contribution in [3.63, 3.8) is 0 Å². The van der Waals surface area contributed by atoms with Crippen LogP contribution in [0.4, 0.5) is 10.1 Å². The minimum absolute atomic E-state index is 0.236. The van der Waals surface area contributed by atoms with E-state index in [0.717, 1.165) is 11.1 Å². The zero-order chi connectivity index (χ0) is 14.0. The number of pyridine rings is 1. The SMILES string of the molecule is Cc1cnc(CS(=O)c2cccc(F)c2)c(C)c1N. The fraction of sp³-hybridized carbons (Fsp3) is 0.214. The number of hydrogen-bond acceptors (Lipinski definition) is 3. The van der Waals surface area contributed by atoms with E-state index in [1.165, 1.54) is 12.1 Å². The number of hydrogen-bond donors (Lipinski definition) is 1. The van der Waals surface area contributed by atoms with Gasteiger partial charge in [0.15, 0.2) is 0 Å². The van der Waals surface area contributed by atoms with Crippen LogP contribution in [0.15, 0.2) is 35.4 Å². The molecule has 19 heavy (non-hydrogen) atoms. The molecule has 100 valence electrons. The first-order valence-corrected chi connectivity index (χ1v) is 7.15. The minimum Gasteiger partial charge on any atom is -0.398 e. The summed E-state index contributed by atoms with van der Waals surface area (Å²) < 4.78 is 25.3. The van der Waals surface area contributed by atoms with E-state index in [2.05, 4.69) is 4.98 Å². The van der Waals surface area contributed by atoms with Crippen molar-refractivity contribution in [3.8, 4) is 0 Å². The Morgan fingerprint density at radius 2 is 2.11 bits per heavy atom. The van der Waals surface area contributed by atoms with E-state index in [0.29, 0.717) is 16.3 Å². The molecule has 0 radical (unpaired) electrons. The second-order valence-electron chi connectivity index (χ2n) is 4.37. The smallest absolute Gasteiger partial charge is 0.124 e. The molecule has 0 saturated carbocycles. The summed E-state index contributed by atoms with van der Waals surface area (Å²) in [5, 5.41) is 0. The third-order valence-corrected chi connectivity index (χ3v) is 4.32. The van der Waals surface area contributed by atoms with Crippen LogP contribution in [0.2, 0.25) is 0 Å². The number of nitrogens with zero attached hydrogens (tertiary/aromatic N) is 1. The highest BCUT2D eigenvalue weighted by atomic mass is 32.2. The normalized spacial score (nSPS) is 12.4. The van der Waals surface area contributed by atoms with Gasteiger partial charge in [-0.3, -0.25) is 9.19 Å². The Balaban J connectivity index is 2.27. The fourth-order valence-electron chi connectivity index (χ4n) is 1.75. The summed E-state index contributed by atoms with van der Waals surface area (Å²) in [5.41, 5.74) is 9.01. The molecule has 0 aliphatic rings. The van der Waals surface area contributed by atoms with Crippen molar-refractivity contribution in [2.45, 2.75) is 24.5 Å². The molecule has 1 unspecified atom stereocenters. The summed E-state index contributed by atoms with van der Waals surface area (Å²) in [6.45, 7) is 3.73. The van der Waals surface area contributed by atoms with E-state index in [1.807, 2.05) is 13.8 Å². The van der Waals surface area contributed by atoms with Gasteiger partial charge in [-0.1, -0.05) is 6.07 Å². The van der Waals surface area contributed by atoms with Gasteiger partial charge in [0.25, 0.3) is 0 Å². The Kier molecular flexibility index (Phi) is 3.95. The van der Waals surface area contributed by atoms with Gasteiger partial charge in [-0.25, -0.2) is 4.39 Å². The molecule has 1 heterocycles. The van der Waals surface area contributed by atoms with Crippen LogP contribution >= 0.6 is 0 Å². The van der Waals surface area contributed by atoms with Crippen LogP contribution < -0.4 is 5.73 Å². The molecule has 1 aromatic carbocycles. The van der Waals surface area contributed by atoms with Crippen molar-refractivity contribution in [2.75, 3.05) is 5.73 Å². The summed E-state index contributed by atoms with van der Waals surface area (Å²) in [6, 6.07) is 5.80. The Hall–Kier alpha value is -1.75. The van der Waals surface area contributed by atoms with Gasteiger partial charge in [-0.05, 0) is 43.2 Å². The summed E-state index contributed by atoms with van der Waals surface area (Å²) in [7, 11) is -1.33. The number of anilines is 1. The van der Waals surface area contributed by atoms with Crippen LogP contribution in [0.25, 0.3) is 0 Å². The number of benzene rings is 1. The van der Waals surface area contributed by atoms with Crippen molar-refractivity contribution in [1.82, 2.24) is 4.98 Å². The van der Waals surface area contributed by atoms with Gasteiger partial charge in [0.05, 0.1) is 22.2 Å². The number of rotatable bonds is 3. The molecule has 0 fully saturated rings. The third kappa shape index (κ3) is 2.98. The van der Waals surface area contributed by atoms with E-state index in [1.54, 1.807) is 18.3 Å². The summed E-state index contributed by atoms with van der Waals surface area (Å²) >= 11 is 0. The molecular formula is C14H15FN2OS. The number of aromatic nitrogens is 1. The topological polar surface area (TPSA) is 56.0 Å². The molecule has 0 spiro atoms. The van der Waals surface area contributed by atoms with Crippen molar-refractivity contribution >= 4 is 16.5 Å². The summed E-state index contributed by atoms with van der Waals surface area (Å²) in [6.07, 6.45) is 1.67. The Bertz CT molecular complexity index is 643. The van der Waals surface area contributed by atoms with Crippen molar-refractivity contribution in [2.24, 2.45) is 0 Å². The fourth-order valence-corrected chi connectivity index (χ4v) is 2.93. The maximum absolute atomic E-state index is 13.1. The number of halogens is 1. The van der Waals surface area contributed by atoms with Crippen molar-refractivity contribution in [1.29, 1.82) is 0 Å². The monoisotopic (exact) mass is 278 g/mol. The largest absolute Gasteiger partial charge is 0.398 e. The van der Waals surface area contributed by atoms with Gasteiger partial charge >= 0.3 is 0 Å². The van der Waals surface area contributed by atoms with E-state index in [4.69, 9.17) is 5.73 Å². The van der Waals surface area contributed by atoms with Gasteiger partial charge in [0.1, 0.15) is 5.82 Å². The van der Waals surface area contributed by atoms with Crippen molar-refractivity contribution in [3.05, 3.63) is 53.1 Å². The lowest BCUT2D eigenvalue weighted by Crippen LogP contribution is -2.05. The average molecular weight is 278 g/mol. The Labute approximate surface area is 114 Å². The molecule has 0 amide bonds. The van der Waals surface area contributed by atoms with Crippen LogP contribution in [0, 0.1) is 19.7 Å². The number of aryl methyl sites for hydroxylation is 1. The van der Waals surface area contributed by atoms with Crippen LogP contribution in [-0.2, 0) is 16.6 Å². The quantitative estimate of drug-likeness (QED) is 0.939. The molecule has 2 N–H and O–H groups in total. The zero-order valence-electron chi connectivity index (χ0n) is 10.8. The predicted molar refractivity (Wildman–Crippen MR) is 74.6 cm³/mol. The second kappa shape index (κ2) is 5.48. The highest BCUT2D eigenvalue weighted by Crippen LogP contribution is 2.21. The maximum atomic E-state index is 13.1. The zero-order valence-corrected chi connectivity index (χ0v) is 11.6. The highest BCUT2D eigenvalue weighted by Gasteiger charge is 2.11. The first-order chi connectivity index (χ1) is 8.99. The lowest BCUT2D eigenvalue weighted by molar-refractivity contribution is 0.622. The van der Waals surface area contributed by atoms with Crippen LogP contribution in [0.3, 0.4) is 0 Å². The maximum Gasteiger partial charge on any atom is 0.124 e. The number of nitrogen functional groups attached to an aromatic ring is 1. The minimum atomic E-state index is -1.33. The van der Waals surface area contributed by atoms with E-state index < -0.39 is 10.8 Å². The van der Waals surface area contributed by atoms with E-state index in [-0.39, 0.29) is 11.6 Å². The first kappa shape index (κ1) is 13.7. The molecule has 0 aliphatic carbocycles. The molecule has 2 aromatic rings. The van der Waals surface area contributed by atoms with Gasteiger partial charge in [-0.15, -0.1) is 0 Å². The molecular weight excluding hydrogens is 263 g/mol. The van der Waals surface area contributed by atoms with E-state index in [9.17, 15) is 8.60 Å². The Morgan fingerprint density at radius 3 is 2.79 bits per heavy atom. The molecule has 0 saturated heterocycles. The molecule has 2 rings (SSSR count). The third-order valence-electron chi connectivity index (χ3n) is 3.00. The molecule has 1 atom stereocenters. The molecule has 5 heteroatoms. The lowest BCUT2D eigenvalue weighted by Gasteiger charge is -2.09. The first-order valence-electron chi connectivity index (χ1n) is 5.83. The van der Waals surface area contributed by atoms with Gasteiger partial charge in [0, 0.05) is 16.8 Å². The van der Waals surface area contributed by atoms with Crippen molar-refractivity contribution < 1.29 is 8.60 Å². The van der Waals surface area contributed by atoms with Crippen LogP contribution in [0.5, 0.6) is 0 Å². The Morgan fingerprint density at radius 1 is 1.37 bits per heavy atom. The highest BCUT2D eigenvalue weighted by molar-refractivity contribution is 7.84. The molecule has 0 bridgehead atoms. The molecule has 1 aromatic heterocycles.